The smallest absolute Gasteiger partial charge is 0.410 e. The van der Waals surface area contributed by atoms with Crippen LogP contribution >= 0.6 is 0 Å². The van der Waals surface area contributed by atoms with Gasteiger partial charge in [-0.05, 0) is 57.9 Å². The normalized spacial score (nSPS) is 16.1. The molecule has 0 bridgehead atoms. The minimum absolute atomic E-state index is 0.222. The Balaban J connectivity index is 1.65. The molecule has 2 aromatic rings. The number of benzene rings is 1. The van der Waals surface area contributed by atoms with E-state index in [1.807, 2.05) is 45.0 Å². The molecule has 1 atom stereocenters. The summed E-state index contributed by atoms with van der Waals surface area (Å²) in [6.45, 7) is 8.34. The SMILES string of the molecule is CCCCC#Cc1ccc(-c2noc([C@@H]3CCN3C(=O)OC(C)(C)C)n2)cc1. The van der Waals surface area contributed by atoms with Crippen molar-refractivity contribution in [3.05, 3.63) is 35.7 Å². The average molecular weight is 381 g/mol. The van der Waals surface area contributed by atoms with Crippen molar-refractivity contribution in [2.24, 2.45) is 0 Å². The molecule has 0 radical (unpaired) electrons. The van der Waals surface area contributed by atoms with Crippen LogP contribution in [-0.2, 0) is 4.74 Å². The molecule has 28 heavy (non-hydrogen) atoms. The molecule has 0 unspecified atom stereocenters. The first-order valence-electron chi connectivity index (χ1n) is 9.80. The highest BCUT2D eigenvalue weighted by molar-refractivity contribution is 5.69. The number of likely N-dealkylation sites (tertiary alicyclic amines) is 1. The molecule has 0 N–H and O–H groups in total. The molecule has 1 amide bonds. The summed E-state index contributed by atoms with van der Waals surface area (Å²) in [5.41, 5.74) is 1.30. The molecule has 1 fully saturated rings. The van der Waals surface area contributed by atoms with Crippen LogP contribution in [-0.4, -0.2) is 33.3 Å². The van der Waals surface area contributed by atoms with E-state index in [0.29, 0.717) is 18.3 Å². The second-order valence-corrected chi connectivity index (χ2v) is 7.92. The third-order valence-corrected chi connectivity index (χ3v) is 4.41. The number of rotatable bonds is 4. The molecule has 0 aliphatic carbocycles. The van der Waals surface area contributed by atoms with Crippen molar-refractivity contribution < 1.29 is 14.1 Å². The second kappa shape index (κ2) is 8.47. The zero-order valence-electron chi connectivity index (χ0n) is 17.0. The maximum atomic E-state index is 12.3. The maximum Gasteiger partial charge on any atom is 0.410 e. The van der Waals surface area contributed by atoms with Gasteiger partial charge in [0, 0.05) is 24.1 Å². The van der Waals surface area contributed by atoms with E-state index in [0.717, 1.165) is 36.8 Å². The number of amides is 1. The molecule has 3 rings (SSSR count). The molecule has 2 heterocycles. The van der Waals surface area contributed by atoms with Crippen LogP contribution in [0.3, 0.4) is 0 Å². The van der Waals surface area contributed by atoms with E-state index in [4.69, 9.17) is 9.26 Å². The van der Waals surface area contributed by atoms with Crippen LogP contribution in [0.25, 0.3) is 11.4 Å². The first kappa shape index (κ1) is 19.9. The van der Waals surface area contributed by atoms with E-state index < -0.39 is 5.60 Å². The highest BCUT2D eigenvalue weighted by atomic mass is 16.6. The lowest BCUT2D eigenvalue weighted by Gasteiger charge is -2.39. The number of ether oxygens (including phenoxy) is 1. The van der Waals surface area contributed by atoms with Gasteiger partial charge in [0.15, 0.2) is 0 Å². The summed E-state index contributed by atoms with van der Waals surface area (Å²) < 4.78 is 10.8. The van der Waals surface area contributed by atoms with Crippen molar-refractivity contribution in [1.82, 2.24) is 15.0 Å². The van der Waals surface area contributed by atoms with Gasteiger partial charge in [0.25, 0.3) is 0 Å². The van der Waals surface area contributed by atoms with Gasteiger partial charge in [0.1, 0.15) is 11.6 Å². The van der Waals surface area contributed by atoms with Gasteiger partial charge in [0.05, 0.1) is 0 Å². The molecule has 0 saturated carbocycles. The quantitative estimate of drug-likeness (QED) is 0.553. The molecule has 6 nitrogen and oxygen atoms in total. The fraction of sp³-hybridized carbons (Fsp3) is 0.500. The van der Waals surface area contributed by atoms with Crippen molar-refractivity contribution in [2.45, 2.75) is 65.0 Å². The highest BCUT2D eigenvalue weighted by Gasteiger charge is 2.39. The highest BCUT2D eigenvalue weighted by Crippen LogP contribution is 2.34. The van der Waals surface area contributed by atoms with Crippen LogP contribution in [0.15, 0.2) is 28.8 Å². The molecule has 1 aromatic heterocycles. The Morgan fingerprint density at radius 2 is 2.07 bits per heavy atom. The molecule has 1 aromatic carbocycles. The minimum atomic E-state index is -0.529. The van der Waals surface area contributed by atoms with Crippen molar-refractivity contribution >= 4 is 6.09 Å². The largest absolute Gasteiger partial charge is 0.444 e. The zero-order chi connectivity index (χ0) is 20.1. The Bertz CT molecular complexity index is 869. The van der Waals surface area contributed by atoms with Gasteiger partial charge in [-0.3, -0.25) is 4.90 Å². The fourth-order valence-corrected chi connectivity index (χ4v) is 2.80. The summed E-state index contributed by atoms with van der Waals surface area (Å²) in [5.74, 6) is 7.29. The van der Waals surface area contributed by atoms with E-state index in [9.17, 15) is 4.79 Å². The lowest BCUT2D eigenvalue weighted by molar-refractivity contribution is -0.0119. The van der Waals surface area contributed by atoms with Crippen LogP contribution in [0.5, 0.6) is 0 Å². The molecule has 1 aliphatic rings. The van der Waals surface area contributed by atoms with Gasteiger partial charge in [-0.1, -0.05) is 30.3 Å². The number of hydrogen-bond acceptors (Lipinski definition) is 5. The first-order valence-corrected chi connectivity index (χ1v) is 9.80. The van der Waals surface area contributed by atoms with E-state index in [-0.39, 0.29) is 12.1 Å². The van der Waals surface area contributed by atoms with Gasteiger partial charge in [-0.15, -0.1) is 0 Å². The number of carbonyl (C=O) groups is 1. The lowest BCUT2D eigenvalue weighted by atomic mass is 10.0. The van der Waals surface area contributed by atoms with E-state index in [1.165, 1.54) is 0 Å². The van der Waals surface area contributed by atoms with Crippen LogP contribution in [0.4, 0.5) is 4.79 Å². The van der Waals surface area contributed by atoms with Crippen molar-refractivity contribution in [2.75, 3.05) is 6.54 Å². The number of carbonyl (C=O) groups excluding carboxylic acids is 1. The summed E-state index contributed by atoms with van der Waals surface area (Å²) >= 11 is 0. The summed E-state index contributed by atoms with van der Waals surface area (Å²) in [5, 5.41) is 4.07. The van der Waals surface area contributed by atoms with Crippen molar-refractivity contribution in [1.29, 1.82) is 0 Å². The number of aromatic nitrogens is 2. The minimum Gasteiger partial charge on any atom is -0.444 e. The molecule has 6 heteroatoms. The Labute approximate surface area is 166 Å². The van der Waals surface area contributed by atoms with Crippen LogP contribution in [0.1, 0.15) is 70.9 Å². The van der Waals surface area contributed by atoms with Gasteiger partial charge in [-0.2, -0.15) is 4.98 Å². The number of unbranched alkanes of at least 4 members (excludes halogenated alkanes) is 2. The van der Waals surface area contributed by atoms with Crippen LogP contribution in [0.2, 0.25) is 0 Å². The lowest BCUT2D eigenvalue weighted by Crippen LogP contribution is -2.47. The molecule has 1 aliphatic heterocycles. The van der Waals surface area contributed by atoms with Crippen molar-refractivity contribution in [3.63, 3.8) is 0 Å². The summed E-state index contributed by atoms with van der Waals surface area (Å²) in [6, 6.07) is 7.57. The van der Waals surface area contributed by atoms with Gasteiger partial charge >= 0.3 is 6.09 Å². The first-order chi connectivity index (χ1) is 13.4. The zero-order valence-corrected chi connectivity index (χ0v) is 17.0. The van der Waals surface area contributed by atoms with E-state index >= 15 is 0 Å². The maximum absolute atomic E-state index is 12.3. The van der Waals surface area contributed by atoms with Crippen LogP contribution in [0, 0.1) is 11.8 Å². The Morgan fingerprint density at radius 3 is 2.68 bits per heavy atom. The molecule has 0 spiro atoms. The molecular weight excluding hydrogens is 354 g/mol. The molecule has 1 saturated heterocycles. The topological polar surface area (TPSA) is 68.5 Å². The second-order valence-electron chi connectivity index (χ2n) is 7.92. The summed E-state index contributed by atoms with van der Waals surface area (Å²) in [4.78, 5) is 18.4. The Morgan fingerprint density at radius 1 is 1.32 bits per heavy atom. The summed E-state index contributed by atoms with van der Waals surface area (Å²) in [6.07, 6.45) is 3.63. The van der Waals surface area contributed by atoms with Crippen molar-refractivity contribution in [3.8, 4) is 23.2 Å². The number of nitrogens with zero attached hydrogens (tertiary/aromatic N) is 3. The van der Waals surface area contributed by atoms with Gasteiger partial charge in [0.2, 0.25) is 11.7 Å². The standard InChI is InChI=1S/C22H27N3O3/c1-5-6-7-8-9-16-10-12-17(13-11-16)19-23-20(28-24-19)18-14-15-25(18)21(26)27-22(2,3)4/h10-13,18H,5-7,14-15H2,1-4H3/t18-/m0/s1. The fourth-order valence-electron chi connectivity index (χ4n) is 2.80. The molecule has 148 valence electrons. The predicted octanol–water partition coefficient (Wildman–Crippen LogP) is 4.96. The van der Waals surface area contributed by atoms with Crippen LogP contribution < -0.4 is 0 Å². The number of hydrogen-bond donors (Lipinski definition) is 0. The van der Waals surface area contributed by atoms with E-state index in [1.54, 1.807) is 4.90 Å². The third-order valence-electron chi connectivity index (χ3n) is 4.41. The van der Waals surface area contributed by atoms with Gasteiger partial charge in [-0.25, -0.2) is 4.79 Å². The third kappa shape index (κ3) is 4.92. The average Bonchev–Trinajstić information content (AvgIpc) is 3.06. The predicted molar refractivity (Wildman–Crippen MR) is 106 cm³/mol. The van der Waals surface area contributed by atoms with E-state index in [2.05, 4.69) is 28.9 Å². The Hall–Kier alpha value is -2.81. The molecular formula is C22H27N3O3. The Kier molecular flexibility index (Phi) is 6.03. The monoisotopic (exact) mass is 381 g/mol. The van der Waals surface area contributed by atoms with Gasteiger partial charge < -0.3 is 9.26 Å². The summed E-state index contributed by atoms with van der Waals surface area (Å²) in [7, 11) is 0.